The summed E-state index contributed by atoms with van der Waals surface area (Å²) >= 11 is 0. The van der Waals surface area contributed by atoms with Gasteiger partial charge in [-0.2, -0.15) is 0 Å². The van der Waals surface area contributed by atoms with E-state index in [1.165, 1.54) is 90.2 Å². The molecule has 0 atom stereocenters. The van der Waals surface area contributed by atoms with Crippen molar-refractivity contribution in [3.63, 3.8) is 0 Å². The molecule has 0 heterocycles. The number of ether oxygens (including phenoxy) is 1. The molecule has 2 nitrogen and oxygen atoms in total. The van der Waals surface area contributed by atoms with Gasteiger partial charge in [-0.05, 0) is 31.1 Å². The van der Waals surface area contributed by atoms with Crippen LogP contribution in [0.4, 0.5) is 0 Å². The first-order chi connectivity index (χ1) is 11.3. The summed E-state index contributed by atoms with van der Waals surface area (Å²) in [4.78, 5) is 10.8. The van der Waals surface area contributed by atoms with E-state index >= 15 is 0 Å². The van der Waals surface area contributed by atoms with Gasteiger partial charge in [0.05, 0.1) is 7.11 Å². The van der Waals surface area contributed by atoms with Crippen molar-refractivity contribution in [3.8, 4) is 0 Å². The number of rotatable bonds is 15. The van der Waals surface area contributed by atoms with Crippen LogP contribution in [-0.4, -0.2) is 13.1 Å². The minimum atomic E-state index is -0.330. The van der Waals surface area contributed by atoms with Crippen LogP contribution in [0.3, 0.4) is 0 Å². The lowest BCUT2D eigenvalue weighted by molar-refractivity contribution is -0.134. The third-order valence-electron chi connectivity index (χ3n) is 3.95. The molecule has 0 aromatic heterocycles. The highest BCUT2D eigenvalue weighted by Gasteiger charge is 1.92. The zero-order chi connectivity index (χ0) is 17.0. The second kappa shape index (κ2) is 18.8. The molecule has 0 aromatic rings. The van der Waals surface area contributed by atoms with Crippen molar-refractivity contribution in [2.75, 3.05) is 7.11 Å². The van der Waals surface area contributed by atoms with E-state index in [2.05, 4.69) is 17.4 Å². The van der Waals surface area contributed by atoms with E-state index in [4.69, 9.17) is 0 Å². The first-order valence-corrected chi connectivity index (χ1v) is 9.46. The fourth-order valence-corrected chi connectivity index (χ4v) is 2.49. The van der Waals surface area contributed by atoms with Crippen molar-refractivity contribution in [1.82, 2.24) is 0 Å². The summed E-state index contributed by atoms with van der Waals surface area (Å²) in [6.07, 6.45) is 24.5. The van der Waals surface area contributed by atoms with E-state index in [1.54, 1.807) is 12.2 Å². The second-order valence-corrected chi connectivity index (χ2v) is 6.10. The van der Waals surface area contributed by atoms with E-state index in [0.29, 0.717) is 0 Å². The summed E-state index contributed by atoms with van der Waals surface area (Å²) in [5, 5.41) is 0. The van der Waals surface area contributed by atoms with Gasteiger partial charge in [0.25, 0.3) is 0 Å². The lowest BCUT2D eigenvalue weighted by Gasteiger charge is -2.02. The van der Waals surface area contributed by atoms with Crippen LogP contribution >= 0.6 is 0 Å². The van der Waals surface area contributed by atoms with Gasteiger partial charge < -0.3 is 4.74 Å². The Morgan fingerprint density at radius 1 is 0.870 bits per heavy atom. The number of allylic oxidation sites excluding steroid dienone is 2. The number of carbonyl (C=O) groups excluding carboxylic acids is 1. The molecule has 0 aliphatic rings. The topological polar surface area (TPSA) is 26.3 Å². The average molecular weight is 321 g/mol. The highest BCUT2D eigenvalue weighted by atomic mass is 16.5. The molecule has 0 unspecified atom stereocenters. The maximum Gasteiger partial charge on any atom is 0.330 e. The van der Waals surface area contributed by atoms with Gasteiger partial charge in [0.2, 0.25) is 0 Å². The van der Waals surface area contributed by atoms with E-state index in [0.717, 1.165) is 6.42 Å². The summed E-state index contributed by atoms with van der Waals surface area (Å²) in [6.45, 7) is 2.27. The Labute approximate surface area is 143 Å². The standard InChI is InChI=1S/C21H36O2/c1-3-4-5-6-7-8-9-10-11-12-13-14-15-16-17-18-19-20-21(22)23-2/h16,18-20H,3-15H2,1-2H3. The van der Waals surface area contributed by atoms with Gasteiger partial charge >= 0.3 is 5.97 Å². The predicted octanol–water partition coefficient (Wildman–Crippen LogP) is 6.52. The minimum absolute atomic E-state index is 0.330. The molecule has 0 fully saturated rings. The van der Waals surface area contributed by atoms with Gasteiger partial charge in [0.1, 0.15) is 0 Å². The first-order valence-electron chi connectivity index (χ1n) is 9.46. The molecule has 0 rings (SSSR count). The minimum Gasteiger partial charge on any atom is -0.466 e. The fraction of sp³-hybridized carbons (Fsp3) is 0.714. The summed E-state index contributed by atoms with van der Waals surface area (Å²) in [7, 11) is 1.37. The predicted molar refractivity (Wildman–Crippen MR) is 99.5 cm³/mol. The Balaban J connectivity index is 3.25. The molecule has 0 N–H and O–H groups in total. The lowest BCUT2D eigenvalue weighted by Crippen LogP contribution is -1.92. The molecular weight excluding hydrogens is 284 g/mol. The van der Waals surface area contributed by atoms with Gasteiger partial charge in [0.15, 0.2) is 0 Å². The molecule has 0 aliphatic carbocycles. The molecule has 0 bridgehead atoms. The van der Waals surface area contributed by atoms with Gasteiger partial charge in [-0.3, -0.25) is 0 Å². The van der Waals surface area contributed by atoms with Crippen LogP contribution in [0.2, 0.25) is 0 Å². The fourth-order valence-electron chi connectivity index (χ4n) is 2.49. The van der Waals surface area contributed by atoms with Crippen LogP contribution in [0, 0.1) is 0 Å². The summed E-state index contributed by atoms with van der Waals surface area (Å²) in [6, 6.07) is 0. The highest BCUT2D eigenvalue weighted by molar-refractivity contribution is 5.82. The van der Waals surface area contributed by atoms with Crippen molar-refractivity contribution in [1.29, 1.82) is 0 Å². The Bertz CT molecular complexity index is 349. The monoisotopic (exact) mass is 320 g/mol. The molecule has 0 saturated carbocycles. The van der Waals surface area contributed by atoms with Crippen molar-refractivity contribution in [2.45, 2.75) is 90.4 Å². The molecule has 0 radical (unpaired) electrons. The Morgan fingerprint density at radius 3 is 1.91 bits per heavy atom. The third-order valence-corrected chi connectivity index (χ3v) is 3.95. The number of methoxy groups -OCH3 is 1. The second-order valence-electron chi connectivity index (χ2n) is 6.10. The van der Waals surface area contributed by atoms with Crippen LogP contribution in [0.25, 0.3) is 0 Å². The van der Waals surface area contributed by atoms with E-state index < -0.39 is 0 Å². The Morgan fingerprint density at radius 2 is 1.39 bits per heavy atom. The van der Waals surface area contributed by atoms with E-state index in [1.807, 2.05) is 6.08 Å². The summed E-state index contributed by atoms with van der Waals surface area (Å²) < 4.78 is 4.50. The molecule has 0 spiro atoms. The first kappa shape index (κ1) is 21.7. The third kappa shape index (κ3) is 18.7. The van der Waals surface area contributed by atoms with Crippen LogP contribution in [0.15, 0.2) is 30.0 Å². The Kier molecular flexibility index (Phi) is 17.7. The van der Waals surface area contributed by atoms with Crippen LogP contribution < -0.4 is 0 Å². The van der Waals surface area contributed by atoms with Gasteiger partial charge in [-0.15, -0.1) is 5.73 Å². The van der Waals surface area contributed by atoms with E-state index in [9.17, 15) is 4.79 Å². The number of hydrogen-bond donors (Lipinski definition) is 0. The molecule has 0 aromatic carbocycles. The van der Waals surface area contributed by atoms with Crippen molar-refractivity contribution in [3.05, 3.63) is 30.0 Å². The molecule has 0 saturated heterocycles. The molecule has 23 heavy (non-hydrogen) atoms. The van der Waals surface area contributed by atoms with Gasteiger partial charge in [-0.25, -0.2) is 4.79 Å². The molecule has 0 aliphatic heterocycles. The number of hydrogen-bond acceptors (Lipinski definition) is 2. The van der Waals surface area contributed by atoms with Crippen molar-refractivity contribution >= 4 is 5.97 Å². The normalized spacial score (nSPS) is 10.5. The highest BCUT2D eigenvalue weighted by Crippen LogP contribution is 2.12. The maximum absolute atomic E-state index is 10.8. The molecule has 132 valence electrons. The van der Waals surface area contributed by atoms with Crippen LogP contribution in [0.1, 0.15) is 90.4 Å². The van der Waals surface area contributed by atoms with Crippen molar-refractivity contribution < 1.29 is 9.53 Å². The summed E-state index contributed by atoms with van der Waals surface area (Å²) in [5.41, 5.74) is 3.06. The van der Waals surface area contributed by atoms with Crippen molar-refractivity contribution in [2.24, 2.45) is 0 Å². The molecular formula is C21H36O2. The lowest BCUT2D eigenvalue weighted by atomic mass is 10.0. The number of carbonyl (C=O) groups is 1. The quantitative estimate of drug-likeness (QED) is 0.113. The molecule has 2 heteroatoms. The van der Waals surface area contributed by atoms with Crippen LogP contribution in [-0.2, 0) is 9.53 Å². The zero-order valence-corrected chi connectivity index (χ0v) is 15.3. The van der Waals surface area contributed by atoms with E-state index in [-0.39, 0.29) is 5.97 Å². The SMILES string of the molecule is CCCCCCCCCCCCCCC=C=CC=CC(=O)OC. The average Bonchev–Trinajstić information content (AvgIpc) is 2.57. The Hall–Kier alpha value is -1.27. The summed E-state index contributed by atoms with van der Waals surface area (Å²) in [5.74, 6) is -0.330. The smallest absolute Gasteiger partial charge is 0.330 e. The van der Waals surface area contributed by atoms with Gasteiger partial charge in [0, 0.05) is 6.08 Å². The number of esters is 1. The largest absolute Gasteiger partial charge is 0.466 e. The maximum atomic E-state index is 10.8. The zero-order valence-electron chi connectivity index (χ0n) is 15.3. The number of unbranched alkanes of at least 4 members (excludes halogenated alkanes) is 12. The van der Waals surface area contributed by atoms with Crippen LogP contribution in [0.5, 0.6) is 0 Å². The van der Waals surface area contributed by atoms with Gasteiger partial charge in [-0.1, -0.05) is 77.6 Å². The molecule has 0 amide bonds.